The Morgan fingerprint density at radius 1 is 1.25 bits per heavy atom. The predicted molar refractivity (Wildman–Crippen MR) is 91.2 cm³/mol. The van der Waals surface area contributed by atoms with Gasteiger partial charge in [-0.25, -0.2) is 4.79 Å². The minimum Gasteiger partial charge on any atom is -0.455 e. The van der Waals surface area contributed by atoms with Crippen molar-refractivity contribution in [2.45, 2.75) is 31.5 Å². The summed E-state index contributed by atoms with van der Waals surface area (Å²) in [7, 11) is 0. The van der Waals surface area contributed by atoms with Crippen molar-refractivity contribution in [1.29, 1.82) is 0 Å². The molecule has 0 aromatic heterocycles. The number of urea groups is 1. The molecule has 1 aliphatic carbocycles. The van der Waals surface area contributed by atoms with E-state index in [1.54, 1.807) is 13.0 Å². The molecule has 0 aliphatic heterocycles. The van der Waals surface area contributed by atoms with Gasteiger partial charge in [0.1, 0.15) is 9.75 Å². The molecule has 2 N–H and O–H groups in total. The fourth-order valence-corrected chi connectivity index (χ4v) is 2.87. The van der Waals surface area contributed by atoms with Crippen molar-refractivity contribution in [3.05, 3.63) is 29.3 Å². The van der Waals surface area contributed by atoms with Crippen LogP contribution in [0.25, 0.3) is 0 Å². The van der Waals surface area contributed by atoms with Crippen LogP contribution in [0.4, 0.5) is 10.5 Å². The first kappa shape index (κ1) is 18.5. The zero-order chi connectivity index (χ0) is 18.1. The second-order valence-electron chi connectivity index (χ2n) is 6.11. The van der Waals surface area contributed by atoms with Crippen LogP contribution in [0.3, 0.4) is 0 Å². The molecule has 1 fully saturated rings. The van der Waals surface area contributed by atoms with Crippen molar-refractivity contribution in [2.24, 2.45) is 5.41 Å². The number of aryl methyl sites for hydroxylation is 2. The Morgan fingerprint density at radius 3 is 2.42 bits per heavy atom. The standard InChI is InChI=1S/C16H18Cl2N2O4/c1-9-4-5-11(10(2)6-9)19-14(23)20-12(21)7-24-13(22)15(3)8-16(15,17)18/h4-6H,7-8H2,1-3H3,(H2,19,20,21,23)/t15-/m1/s1. The zero-order valence-electron chi connectivity index (χ0n) is 13.5. The summed E-state index contributed by atoms with van der Waals surface area (Å²) in [5.41, 5.74) is 1.50. The largest absolute Gasteiger partial charge is 0.455 e. The van der Waals surface area contributed by atoms with Gasteiger partial charge in [-0.3, -0.25) is 14.9 Å². The molecular weight excluding hydrogens is 355 g/mol. The summed E-state index contributed by atoms with van der Waals surface area (Å²) in [5.74, 6) is -1.41. The predicted octanol–water partition coefficient (Wildman–Crippen LogP) is 3.08. The minimum atomic E-state index is -1.17. The molecular formula is C16H18Cl2N2O4. The summed E-state index contributed by atoms with van der Waals surface area (Å²) < 4.78 is 3.69. The van der Waals surface area contributed by atoms with Gasteiger partial charge < -0.3 is 10.1 Å². The summed E-state index contributed by atoms with van der Waals surface area (Å²) in [6.07, 6.45) is 0.261. The highest BCUT2D eigenvalue weighted by Crippen LogP contribution is 2.64. The summed E-state index contributed by atoms with van der Waals surface area (Å²) in [4.78, 5) is 35.3. The molecule has 1 atom stereocenters. The van der Waals surface area contributed by atoms with Gasteiger partial charge in [-0.15, -0.1) is 23.2 Å². The molecule has 3 amide bonds. The number of benzene rings is 1. The Bertz CT molecular complexity index is 705. The second-order valence-corrected chi connectivity index (χ2v) is 7.59. The average molecular weight is 373 g/mol. The third kappa shape index (κ3) is 3.99. The SMILES string of the molecule is Cc1ccc(NC(=O)NC(=O)COC(=O)[C@@]2(C)CC2(Cl)Cl)c(C)c1. The summed E-state index contributed by atoms with van der Waals surface area (Å²) in [6, 6.07) is 4.78. The number of anilines is 1. The fraction of sp³-hybridized carbons (Fsp3) is 0.438. The van der Waals surface area contributed by atoms with Gasteiger partial charge in [0.25, 0.3) is 5.91 Å². The van der Waals surface area contributed by atoms with Crippen molar-refractivity contribution in [1.82, 2.24) is 5.32 Å². The van der Waals surface area contributed by atoms with Gasteiger partial charge in [-0.2, -0.15) is 0 Å². The Labute approximate surface area is 149 Å². The number of hydrogen-bond donors (Lipinski definition) is 2. The van der Waals surface area contributed by atoms with Crippen LogP contribution < -0.4 is 10.6 Å². The molecule has 1 aromatic rings. The molecule has 24 heavy (non-hydrogen) atoms. The zero-order valence-corrected chi connectivity index (χ0v) is 15.0. The van der Waals surface area contributed by atoms with E-state index in [2.05, 4.69) is 10.6 Å². The van der Waals surface area contributed by atoms with Gasteiger partial charge in [-0.05, 0) is 32.4 Å². The fourth-order valence-electron chi connectivity index (χ4n) is 2.18. The number of amides is 3. The first-order chi connectivity index (χ1) is 11.0. The van der Waals surface area contributed by atoms with E-state index in [9.17, 15) is 14.4 Å². The molecule has 0 unspecified atom stereocenters. The van der Waals surface area contributed by atoms with Gasteiger partial charge in [0.2, 0.25) is 0 Å². The van der Waals surface area contributed by atoms with E-state index < -0.39 is 34.3 Å². The quantitative estimate of drug-likeness (QED) is 0.628. The van der Waals surface area contributed by atoms with Gasteiger partial charge in [0.05, 0.1) is 0 Å². The van der Waals surface area contributed by atoms with Crippen molar-refractivity contribution < 1.29 is 19.1 Å². The third-order valence-electron chi connectivity index (χ3n) is 3.93. The first-order valence-corrected chi connectivity index (χ1v) is 8.04. The molecule has 0 radical (unpaired) electrons. The van der Waals surface area contributed by atoms with Crippen molar-refractivity contribution in [3.63, 3.8) is 0 Å². The number of esters is 1. The maximum atomic E-state index is 11.8. The third-order valence-corrected chi connectivity index (χ3v) is 5.03. The number of carbonyl (C=O) groups excluding carboxylic acids is 3. The molecule has 1 aliphatic rings. The van der Waals surface area contributed by atoms with Crippen molar-refractivity contribution in [3.8, 4) is 0 Å². The van der Waals surface area contributed by atoms with E-state index in [0.29, 0.717) is 5.69 Å². The van der Waals surface area contributed by atoms with Crippen molar-refractivity contribution in [2.75, 3.05) is 11.9 Å². The lowest BCUT2D eigenvalue weighted by Gasteiger charge is -2.12. The highest BCUT2D eigenvalue weighted by Gasteiger charge is 2.69. The molecule has 2 rings (SSSR count). The van der Waals surface area contributed by atoms with Crippen LogP contribution in [0.1, 0.15) is 24.5 Å². The molecule has 0 heterocycles. The number of ether oxygens (including phenoxy) is 1. The van der Waals surface area contributed by atoms with Crippen LogP contribution in [0, 0.1) is 19.3 Å². The normalized spacial score (nSPS) is 20.9. The van der Waals surface area contributed by atoms with Crippen LogP contribution in [-0.2, 0) is 14.3 Å². The second kappa shape index (κ2) is 6.61. The highest BCUT2D eigenvalue weighted by atomic mass is 35.5. The van der Waals surface area contributed by atoms with E-state index in [1.807, 2.05) is 26.0 Å². The number of nitrogens with one attached hydrogen (secondary N) is 2. The van der Waals surface area contributed by atoms with E-state index in [-0.39, 0.29) is 6.42 Å². The Hall–Kier alpha value is -1.79. The van der Waals surface area contributed by atoms with E-state index in [4.69, 9.17) is 27.9 Å². The molecule has 130 valence electrons. The molecule has 8 heteroatoms. The van der Waals surface area contributed by atoms with Crippen LogP contribution in [0.5, 0.6) is 0 Å². The van der Waals surface area contributed by atoms with Crippen LogP contribution in [0.15, 0.2) is 18.2 Å². The first-order valence-electron chi connectivity index (χ1n) is 7.28. The molecule has 6 nitrogen and oxygen atoms in total. The topological polar surface area (TPSA) is 84.5 Å². The van der Waals surface area contributed by atoms with Gasteiger partial charge >= 0.3 is 12.0 Å². The van der Waals surface area contributed by atoms with Gasteiger partial charge in [-0.1, -0.05) is 17.7 Å². The summed E-state index contributed by atoms with van der Waals surface area (Å²) in [5, 5.41) is 4.64. The number of hydrogen-bond acceptors (Lipinski definition) is 4. The minimum absolute atomic E-state index is 0.261. The lowest BCUT2D eigenvalue weighted by Crippen LogP contribution is -2.38. The van der Waals surface area contributed by atoms with Gasteiger partial charge in [0.15, 0.2) is 6.61 Å². The van der Waals surface area contributed by atoms with Crippen LogP contribution in [-0.4, -0.2) is 28.8 Å². The van der Waals surface area contributed by atoms with E-state index >= 15 is 0 Å². The monoisotopic (exact) mass is 372 g/mol. The Balaban J connectivity index is 1.80. The molecule has 0 saturated heterocycles. The highest BCUT2D eigenvalue weighted by molar-refractivity contribution is 6.53. The lowest BCUT2D eigenvalue weighted by molar-refractivity contribution is -0.153. The lowest BCUT2D eigenvalue weighted by atomic mass is 10.1. The van der Waals surface area contributed by atoms with Gasteiger partial charge in [0, 0.05) is 12.1 Å². The number of alkyl halides is 2. The Morgan fingerprint density at radius 2 is 1.88 bits per heavy atom. The molecule has 1 saturated carbocycles. The number of carbonyl (C=O) groups is 3. The number of halogens is 2. The maximum Gasteiger partial charge on any atom is 0.325 e. The average Bonchev–Trinajstić information content (AvgIpc) is 2.99. The number of rotatable bonds is 4. The van der Waals surface area contributed by atoms with Crippen LogP contribution >= 0.6 is 23.2 Å². The molecule has 1 aromatic carbocycles. The smallest absolute Gasteiger partial charge is 0.325 e. The maximum absolute atomic E-state index is 11.8. The Kier molecular flexibility index (Phi) is 5.11. The van der Waals surface area contributed by atoms with Crippen LogP contribution in [0.2, 0.25) is 0 Å². The summed E-state index contributed by atoms with van der Waals surface area (Å²) >= 11 is 11.7. The van der Waals surface area contributed by atoms with E-state index in [0.717, 1.165) is 11.1 Å². The summed E-state index contributed by atoms with van der Waals surface area (Å²) in [6.45, 7) is 4.75. The number of imide groups is 1. The van der Waals surface area contributed by atoms with Crippen molar-refractivity contribution >= 4 is 46.8 Å². The van der Waals surface area contributed by atoms with E-state index in [1.165, 1.54) is 0 Å². The molecule has 0 bridgehead atoms. The molecule has 0 spiro atoms.